The molecule has 5 nitrogen and oxygen atoms in total. The largest absolute Gasteiger partial charge is 0.375 e. The monoisotopic (exact) mass is 237 g/mol. The molecule has 6 heteroatoms. The Morgan fingerprint density at radius 2 is 2.12 bits per heavy atom. The molecule has 0 aliphatic heterocycles. The van der Waals surface area contributed by atoms with Crippen LogP contribution in [0.5, 0.6) is 0 Å². The molecule has 2 aromatic heterocycles. The average molecular weight is 237 g/mol. The Morgan fingerprint density at radius 3 is 2.62 bits per heavy atom. The van der Waals surface area contributed by atoms with Crippen LogP contribution >= 0.6 is 11.3 Å². The van der Waals surface area contributed by atoms with Crippen LogP contribution in [0.3, 0.4) is 0 Å². The molecule has 0 unspecified atom stereocenters. The minimum Gasteiger partial charge on any atom is -0.375 e. The third-order valence-corrected chi connectivity index (χ3v) is 2.84. The quantitative estimate of drug-likeness (QED) is 0.833. The van der Waals surface area contributed by atoms with E-state index in [9.17, 15) is 0 Å². The van der Waals surface area contributed by atoms with Crippen LogP contribution in [0.15, 0.2) is 5.38 Å². The molecule has 0 aromatic carbocycles. The van der Waals surface area contributed by atoms with Gasteiger partial charge in [-0.15, -0.1) is 11.3 Å². The summed E-state index contributed by atoms with van der Waals surface area (Å²) in [6, 6.07) is 0. The highest BCUT2D eigenvalue weighted by atomic mass is 32.1. The molecule has 86 valence electrons. The highest BCUT2D eigenvalue weighted by Gasteiger charge is 2.19. The summed E-state index contributed by atoms with van der Waals surface area (Å²) in [5, 5.41) is 9.66. The number of hydrogen-bond donors (Lipinski definition) is 2. The minimum atomic E-state index is -0.0319. The van der Waals surface area contributed by atoms with Gasteiger partial charge >= 0.3 is 0 Å². The van der Waals surface area contributed by atoms with Crippen molar-refractivity contribution in [2.24, 2.45) is 0 Å². The second-order valence-corrected chi connectivity index (χ2v) is 5.60. The van der Waals surface area contributed by atoms with Crippen LogP contribution in [0, 0.1) is 0 Å². The Kier molecular flexibility index (Phi) is 2.67. The third kappa shape index (κ3) is 2.38. The van der Waals surface area contributed by atoms with E-state index < -0.39 is 0 Å². The predicted molar refractivity (Wildman–Crippen MR) is 64.4 cm³/mol. The van der Waals surface area contributed by atoms with E-state index >= 15 is 0 Å². The van der Waals surface area contributed by atoms with Crippen molar-refractivity contribution in [2.45, 2.75) is 32.6 Å². The van der Waals surface area contributed by atoms with Crippen molar-refractivity contribution < 1.29 is 0 Å². The highest BCUT2D eigenvalue weighted by Crippen LogP contribution is 2.18. The van der Waals surface area contributed by atoms with Crippen molar-refractivity contribution in [3.8, 4) is 0 Å². The van der Waals surface area contributed by atoms with Crippen LogP contribution in [0.4, 0.5) is 5.13 Å². The number of nitrogens with zero attached hydrogens (tertiary/aromatic N) is 3. The van der Waals surface area contributed by atoms with Crippen LogP contribution < -0.4 is 5.73 Å². The summed E-state index contributed by atoms with van der Waals surface area (Å²) >= 11 is 1.44. The SMILES string of the molecule is CC(C)(C)c1n[nH]c(Cc2csc(N)n2)n1. The number of aromatic nitrogens is 4. The van der Waals surface area contributed by atoms with E-state index in [0.717, 1.165) is 17.3 Å². The Bertz CT molecular complexity index is 479. The lowest BCUT2D eigenvalue weighted by Gasteiger charge is -2.11. The summed E-state index contributed by atoms with van der Waals surface area (Å²) in [7, 11) is 0. The van der Waals surface area contributed by atoms with Crippen LogP contribution in [0.1, 0.15) is 38.1 Å². The van der Waals surface area contributed by atoms with Crippen molar-refractivity contribution >= 4 is 16.5 Å². The van der Waals surface area contributed by atoms with Crippen LogP contribution in [0.2, 0.25) is 0 Å². The zero-order chi connectivity index (χ0) is 11.8. The van der Waals surface area contributed by atoms with E-state index in [4.69, 9.17) is 5.73 Å². The van der Waals surface area contributed by atoms with Crippen LogP contribution in [0.25, 0.3) is 0 Å². The normalized spacial score (nSPS) is 11.9. The second kappa shape index (κ2) is 3.86. The van der Waals surface area contributed by atoms with Gasteiger partial charge in [-0.3, -0.25) is 5.10 Å². The summed E-state index contributed by atoms with van der Waals surface area (Å²) in [4.78, 5) is 8.63. The maximum atomic E-state index is 5.57. The number of rotatable bonds is 2. The molecule has 0 spiro atoms. The molecule has 0 saturated heterocycles. The second-order valence-electron chi connectivity index (χ2n) is 4.71. The molecule has 0 saturated carbocycles. The predicted octanol–water partition coefficient (Wildman–Crippen LogP) is 1.73. The fourth-order valence-corrected chi connectivity index (χ4v) is 1.85. The van der Waals surface area contributed by atoms with E-state index in [1.165, 1.54) is 11.3 Å². The molecule has 0 bridgehead atoms. The first kappa shape index (κ1) is 11.1. The molecular weight excluding hydrogens is 222 g/mol. The van der Waals surface area contributed by atoms with Gasteiger partial charge in [-0.05, 0) is 0 Å². The molecule has 2 rings (SSSR count). The smallest absolute Gasteiger partial charge is 0.180 e. The summed E-state index contributed by atoms with van der Waals surface area (Å²) in [6.07, 6.45) is 0.650. The first-order valence-electron chi connectivity index (χ1n) is 5.07. The van der Waals surface area contributed by atoms with Gasteiger partial charge in [0.1, 0.15) is 5.82 Å². The van der Waals surface area contributed by atoms with E-state index in [1.807, 2.05) is 5.38 Å². The van der Waals surface area contributed by atoms with Gasteiger partial charge in [0.05, 0.1) is 12.1 Å². The molecule has 0 amide bonds. The average Bonchev–Trinajstić information content (AvgIpc) is 2.74. The molecule has 0 atom stereocenters. The number of aromatic amines is 1. The van der Waals surface area contributed by atoms with E-state index in [1.54, 1.807) is 0 Å². The standard InChI is InChI=1S/C10H15N5S/c1-10(2,3)8-13-7(14-15-8)4-6-5-16-9(11)12-6/h5H,4H2,1-3H3,(H2,11,12)(H,13,14,15). The van der Waals surface area contributed by atoms with E-state index in [2.05, 4.69) is 40.9 Å². The minimum absolute atomic E-state index is 0.0319. The molecule has 0 aliphatic rings. The zero-order valence-electron chi connectivity index (χ0n) is 9.61. The first-order chi connectivity index (χ1) is 7.45. The lowest BCUT2D eigenvalue weighted by atomic mass is 9.96. The van der Waals surface area contributed by atoms with Gasteiger partial charge in [0.2, 0.25) is 0 Å². The van der Waals surface area contributed by atoms with Crippen molar-refractivity contribution in [1.82, 2.24) is 20.2 Å². The lowest BCUT2D eigenvalue weighted by Crippen LogP contribution is -2.13. The van der Waals surface area contributed by atoms with E-state index in [0.29, 0.717) is 11.6 Å². The van der Waals surface area contributed by atoms with Crippen LogP contribution in [-0.4, -0.2) is 20.2 Å². The maximum absolute atomic E-state index is 5.57. The van der Waals surface area contributed by atoms with Gasteiger partial charge in [0.25, 0.3) is 0 Å². The van der Waals surface area contributed by atoms with Gasteiger partial charge in [-0.1, -0.05) is 20.8 Å². The topological polar surface area (TPSA) is 80.5 Å². The molecule has 0 radical (unpaired) electrons. The van der Waals surface area contributed by atoms with Crippen molar-refractivity contribution in [2.75, 3.05) is 5.73 Å². The summed E-state index contributed by atoms with van der Waals surface area (Å²) in [6.45, 7) is 6.25. The van der Waals surface area contributed by atoms with Gasteiger partial charge in [-0.25, -0.2) is 9.97 Å². The number of nitrogens with two attached hydrogens (primary N) is 1. The number of nitrogens with one attached hydrogen (secondary N) is 1. The molecule has 16 heavy (non-hydrogen) atoms. The molecule has 3 N–H and O–H groups in total. The third-order valence-electron chi connectivity index (χ3n) is 2.12. The summed E-state index contributed by atoms with van der Waals surface area (Å²) < 4.78 is 0. The lowest BCUT2D eigenvalue weighted by molar-refractivity contribution is 0.548. The molecule has 0 aliphatic carbocycles. The Morgan fingerprint density at radius 1 is 1.38 bits per heavy atom. The summed E-state index contributed by atoms with van der Waals surface area (Å²) in [5.41, 5.74) is 6.47. The van der Waals surface area contributed by atoms with Gasteiger partial charge < -0.3 is 5.73 Å². The zero-order valence-corrected chi connectivity index (χ0v) is 10.4. The fraction of sp³-hybridized carbons (Fsp3) is 0.500. The van der Waals surface area contributed by atoms with Crippen molar-refractivity contribution in [3.63, 3.8) is 0 Å². The Balaban J connectivity index is 2.14. The van der Waals surface area contributed by atoms with Crippen LogP contribution in [-0.2, 0) is 11.8 Å². The molecular formula is C10H15N5S. The van der Waals surface area contributed by atoms with Gasteiger partial charge in [0, 0.05) is 10.8 Å². The van der Waals surface area contributed by atoms with Crippen molar-refractivity contribution in [3.05, 3.63) is 22.7 Å². The fourth-order valence-electron chi connectivity index (χ4n) is 1.29. The Hall–Kier alpha value is -1.43. The van der Waals surface area contributed by atoms with Crippen molar-refractivity contribution in [1.29, 1.82) is 0 Å². The number of hydrogen-bond acceptors (Lipinski definition) is 5. The molecule has 0 fully saturated rings. The number of H-pyrrole nitrogens is 1. The molecule has 2 heterocycles. The van der Waals surface area contributed by atoms with Gasteiger partial charge in [-0.2, -0.15) is 5.10 Å². The highest BCUT2D eigenvalue weighted by molar-refractivity contribution is 7.13. The maximum Gasteiger partial charge on any atom is 0.180 e. The molecule has 2 aromatic rings. The van der Waals surface area contributed by atoms with Gasteiger partial charge in [0.15, 0.2) is 11.0 Å². The number of nitrogen functional groups attached to an aromatic ring is 1. The number of thiazole rings is 1. The summed E-state index contributed by atoms with van der Waals surface area (Å²) in [5.74, 6) is 1.65. The first-order valence-corrected chi connectivity index (χ1v) is 5.95. The Labute approximate surface area is 98.1 Å². The van der Waals surface area contributed by atoms with E-state index in [-0.39, 0.29) is 5.41 Å². The number of anilines is 1.